The molecular weight excluding hydrogens is 240 g/mol. The van der Waals surface area contributed by atoms with E-state index in [0.29, 0.717) is 5.92 Å². The molecule has 0 saturated carbocycles. The van der Waals surface area contributed by atoms with E-state index in [9.17, 15) is 0 Å². The van der Waals surface area contributed by atoms with Crippen LogP contribution >= 0.6 is 0 Å². The van der Waals surface area contributed by atoms with E-state index in [1.165, 1.54) is 18.4 Å². The van der Waals surface area contributed by atoms with Crippen LogP contribution in [0, 0.1) is 13.8 Å². The van der Waals surface area contributed by atoms with Gasteiger partial charge >= 0.3 is 0 Å². The van der Waals surface area contributed by atoms with Crippen molar-refractivity contribution >= 4 is 5.96 Å². The molecule has 5 heteroatoms. The molecule has 5 nitrogen and oxygen atoms in total. The van der Waals surface area contributed by atoms with Crippen LogP contribution < -0.4 is 5.32 Å². The van der Waals surface area contributed by atoms with E-state index in [0.717, 1.165) is 37.0 Å². The van der Waals surface area contributed by atoms with Gasteiger partial charge in [0.25, 0.3) is 0 Å². The molecule has 1 aliphatic heterocycles. The number of nitrogens with one attached hydrogen (secondary N) is 1. The number of likely N-dealkylation sites (tertiary alicyclic amines) is 1. The van der Waals surface area contributed by atoms with Gasteiger partial charge in [0.2, 0.25) is 0 Å². The molecule has 2 rings (SSSR count). The molecule has 1 atom stereocenters. The van der Waals surface area contributed by atoms with Gasteiger partial charge in [-0.1, -0.05) is 12.1 Å². The first kappa shape index (κ1) is 13.9. The van der Waals surface area contributed by atoms with Crippen LogP contribution in [0.1, 0.15) is 42.7 Å². The molecule has 0 radical (unpaired) electrons. The molecule has 0 bridgehead atoms. The standard InChI is InChI=1S/C14H24N4O/c1-10(13-11(2)17-19-12(13)3)9-16-14(15-4)18-7-5-6-8-18/h10H,5-9H2,1-4H3,(H,15,16). The van der Waals surface area contributed by atoms with Crippen molar-refractivity contribution < 1.29 is 4.52 Å². The predicted molar refractivity (Wildman–Crippen MR) is 76.6 cm³/mol. The Morgan fingerprint density at radius 2 is 2.11 bits per heavy atom. The lowest BCUT2D eigenvalue weighted by Gasteiger charge is -2.22. The first-order chi connectivity index (χ1) is 9.13. The predicted octanol–water partition coefficient (Wildman–Crippen LogP) is 2.07. The molecule has 1 aromatic heterocycles. The highest BCUT2D eigenvalue weighted by Gasteiger charge is 2.19. The van der Waals surface area contributed by atoms with Gasteiger partial charge in [0.05, 0.1) is 5.69 Å². The molecule has 0 aliphatic carbocycles. The Morgan fingerprint density at radius 1 is 1.42 bits per heavy atom. The van der Waals surface area contributed by atoms with Crippen molar-refractivity contribution in [2.75, 3.05) is 26.7 Å². The van der Waals surface area contributed by atoms with Crippen molar-refractivity contribution in [2.45, 2.75) is 39.5 Å². The topological polar surface area (TPSA) is 53.7 Å². The fourth-order valence-corrected chi connectivity index (χ4v) is 2.80. The van der Waals surface area contributed by atoms with Crippen molar-refractivity contribution in [1.29, 1.82) is 0 Å². The maximum Gasteiger partial charge on any atom is 0.193 e. The van der Waals surface area contributed by atoms with Crippen molar-refractivity contribution in [3.63, 3.8) is 0 Å². The van der Waals surface area contributed by atoms with E-state index in [2.05, 4.69) is 27.3 Å². The number of aliphatic imine (C=N–C) groups is 1. The number of aryl methyl sites for hydroxylation is 2. The highest BCUT2D eigenvalue weighted by atomic mass is 16.5. The average molecular weight is 264 g/mol. The smallest absolute Gasteiger partial charge is 0.193 e. The third-order valence-corrected chi connectivity index (χ3v) is 3.77. The Bertz CT molecular complexity index is 427. The van der Waals surface area contributed by atoms with Gasteiger partial charge in [-0.05, 0) is 26.7 Å². The summed E-state index contributed by atoms with van der Waals surface area (Å²) >= 11 is 0. The van der Waals surface area contributed by atoms with E-state index in [4.69, 9.17) is 4.52 Å². The number of rotatable bonds is 3. The van der Waals surface area contributed by atoms with Gasteiger partial charge in [-0.15, -0.1) is 0 Å². The van der Waals surface area contributed by atoms with E-state index >= 15 is 0 Å². The molecule has 0 aromatic carbocycles. The van der Waals surface area contributed by atoms with Crippen molar-refractivity contribution in [1.82, 2.24) is 15.4 Å². The van der Waals surface area contributed by atoms with Gasteiger partial charge in [-0.2, -0.15) is 0 Å². The average Bonchev–Trinajstić information content (AvgIpc) is 3.01. The molecule has 1 unspecified atom stereocenters. The lowest BCUT2D eigenvalue weighted by Crippen LogP contribution is -2.41. The van der Waals surface area contributed by atoms with Crippen LogP contribution in [-0.2, 0) is 0 Å². The van der Waals surface area contributed by atoms with Gasteiger partial charge in [0, 0.05) is 38.2 Å². The Morgan fingerprint density at radius 3 is 2.63 bits per heavy atom. The molecule has 1 saturated heterocycles. The molecule has 1 N–H and O–H groups in total. The second-order valence-corrected chi connectivity index (χ2v) is 5.26. The third-order valence-electron chi connectivity index (χ3n) is 3.77. The van der Waals surface area contributed by atoms with E-state index in [-0.39, 0.29) is 0 Å². The van der Waals surface area contributed by atoms with Crippen molar-refractivity contribution in [3.05, 3.63) is 17.0 Å². The van der Waals surface area contributed by atoms with Crippen LogP contribution in [0.5, 0.6) is 0 Å². The summed E-state index contributed by atoms with van der Waals surface area (Å²) in [5.41, 5.74) is 2.20. The van der Waals surface area contributed by atoms with Crippen LogP contribution in [0.15, 0.2) is 9.52 Å². The van der Waals surface area contributed by atoms with E-state index in [1.54, 1.807) is 0 Å². The Balaban J connectivity index is 1.94. The maximum absolute atomic E-state index is 5.23. The summed E-state index contributed by atoms with van der Waals surface area (Å²) in [5, 5.41) is 7.48. The van der Waals surface area contributed by atoms with Gasteiger partial charge < -0.3 is 14.7 Å². The molecule has 0 spiro atoms. The Hall–Kier alpha value is -1.52. The zero-order valence-electron chi connectivity index (χ0n) is 12.4. The molecule has 1 fully saturated rings. The summed E-state index contributed by atoms with van der Waals surface area (Å²) in [6, 6.07) is 0. The zero-order valence-corrected chi connectivity index (χ0v) is 12.4. The summed E-state index contributed by atoms with van der Waals surface area (Å²) in [7, 11) is 1.85. The number of guanidine groups is 1. The number of hydrogen-bond acceptors (Lipinski definition) is 3. The summed E-state index contributed by atoms with van der Waals surface area (Å²) in [4.78, 5) is 6.68. The fourth-order valence-electron chi connectivity index (χ4n) is 2.80. The lowest BCUT2D eigenvalue weighted by molar-refractivity contribution is 0.391. The van der Waals surface area contributed by atoms with Gasteiger partial charge in [-0.25, -0.2) is 0 Å². The Kier molecular flexibility index (Phi) is 4.45. The summed E-state index contributed by atoms with van der Waals surface area (Å²) in [6.45, 7) is 9.24. The maximum atomic E-state index is 5.23. The Labute approximate surface area is 115 Å². The molecule has 19 heavy (non-hydrogen) atoms. The normalized spacial score (nSPS) is 17.9. The summed E-state index contributed by atoms with van der Waals surface area (Å²) in [6.07, 6.45) is 2.53. The molecule has 106 valence electrons. The number of hydrogen-bond donors (Lipinski definition) is 1. The van der Waals surface area contributed by atoms with Crippen LogP contribution in [0.25, 0.3) is 0 Å². The lowest BCUT2D eigenvalue weighted by atomic mass is 10.00. The SMILES string of the molecule is CN=C(NCC(C)c1c(C)noc1C)N1CCCC1. The quantitative estimate of drug-likeness (QED) is 0.671. The van der Waals surface area contributed by atoms with Gasteiger partial charge in [0.1, 0.15) is 5.76 Å². The van der Waals surface area contributed by atoms with Gasteiger partial charge in [0.15, 0.2) is 5.96 Å². The van der Waals surface area contributed by atoms with Crippen molar-refractivity contribution in [2.24, 2.45) is 4.99 Å². The zero-order chi connectivity index (χ0) is 13.8. The molecule has 2 heterocycles. The first-order valence-corrected chi connectivity index (χ1v) is 7.02. The largest absolute Gasteiger partial charge is 0.361 e. The van der Waals surface area contributed by atoms with Crippen LogP contribution in [0.4, 0.5) is 0 Å². The second kappa shape index (κ2) is 6.08. The highest BCUT2D eigenvalue weighted by molar-refractivity contribution is 5.80. The van der Waals surface area contributed by atoms with Crippen molar-refractivity contribution in [3.8, 4) is 0 Å². The minimum atomic E-state index is 0.366. The minimum Gasteiger partial charge on any atom is -0.361 e. The third kappa shape index (κ3) is 3.08. The molecular formula is C14H24N4O. The molecule has 1 aliphatic rings. The number of nitrogens with zero attached hydrogens (tertiary/aromatic N) is 3. The van der Waals surface area contributed by atoms with Crippen LogP contribution in [-0.4, -0.2) is 42.7 Å². The van der Waals surface area contributed by atoms with Crippen LogP contribution in [0.3, 0.4) is 0 Å². The minimum absolute atomic E-state index is 0.366. The second-order valence-electron chi connectivity index (χ2n) is 5.26. The van der Waals surface area contributed by atoms with E-state index in [1.807, 2.05) is 20.9 Å². The highest BCUT2D eigenvalue weighted by Crippen LogP contribution is 2.22. The van der Waals surface area contributed by atoms with E-state index < -0.39 is 0 Å². The molecule has 0 amide bonds. The molecule has 1 aromatic rings. The summed E-state index contributed by atoms with van der Waals surface area (Å²) < 4.78 is 5.23. The van der Waals surface area contributed by atoms with Crippen LogP contribution in [0.2, 0.25) is 0 Å². The first-order valence-electron chi connectivity index (χ1n) is 7.02. The van der Waals surface area contributed by atoms with Gasteiger partial charge in [-0.3, -0.25) is 4.99 Å². The number of aromatic nitrogens is 1. The summed E-state index contributed by atoms with van der Waals surface area (Å²) in [5.74, 6) is 2.30. The fraction of sp³-hybridized carbons (Fsp3) is 0.714. The monoisotopic (exact) mass is 264 g/mol.